The molecule has 2 fully saturated rings. The quantitative estimate of drug-likeness (QED) is 0.506. The SMILES string of the molecule is CCCN1CCC(NC(=NC)NCC(CC(C)C)N2CCOCC2)CC1. The minimum absolute atomic E-state index is 0.543. The molecule has 152 valence electrons. The van der Waals surface area contributed by atoms with Crippen molar-refractivity contribution in [3.05, 3.63) is 0 Å². The lowest BCUT2D eigenvalue weighted by Gasteiger charge is -2.36. The van der Waals surface area contributed by atoms with Gasteiger partial charge in [-0.2, -0.15) is 0 Å². The van der Waals surface area contributed by atoms with E-state index in [1.807, 2.05) is 7.05 Å². The molecule has 1 atom stereocenters. The molecule has 2 saturated heterocycles. The van der Waals surface area contributed by atoms with Crippen LogP contribution in [0, 0.1) is 5.92 Å². The molecule has 6 heteroatoms. The number of rotatable bonds is 8. The van der Waals surface area contributed by atoms with Crippen LogP contribution >= 0.6 is 0 Å². The van der Waals surface area contributed by atoms with Gasteiger partial charge in [0.15, 0.2) is 5.96 Å². The predicted octanol–water partition coefficient (Wildman–Crippen LogP) is 1.77. The topological polar surface area (TPSA) is 52.1 Å². The van der Waals surface area contributed by atoms with Gasteiger partial charge in [-0.15, -0.1) is 0 Å². The van der Waals surface area contributed by atoms with E-state index in [9.17, 15) is 0 Å². The average Bonchev–Trinajstić information content (AvgIpc) is 2.66. The van der Waals surface area contributed by atoms with E-state index in [0.29, 0.717) is 18.0 Å². The van der Waals surface area contributed by atoms with Crippen molar-refractivity contribution in [2.45, 2.75) is 58.5 Å². The van der Waals surface area contributed by atoms with Crippen LogP contribution in [0.3, 0.4) is 0 Å². The molecule has 2 aliphatic heterocycles. The van der Waals surface area contributed by atoms with E-state index >= 15 is 0 Å². The second kappa shape index (κ2) is 11.8. The number of ether oxygens (including phenoxy) is 1. The maximum Gasteiger partial charge on any atom is 0.191 e. The summed E-state index contributed by atoms with van der Waals surface area (Å²) in [5.41, 5.74) is 0. The average molecular weight is 368 g/mol. The van der Waals surface area contributed by atoms with Gasteiger partial charge < -0.3 is 20.3 Å². The highest BCUT2D eigenvalue weighted by molar-refractivity contribution is 5.80. The van der Waals surface area contributed by atoms with Crippen molar-refractivity contribution in [3.8, 4) is 0 Å². The van der Waals surface area contributed by atoms with Crippen molar-refractivity contribution >= 4 is 5.96 Å². The van der Waals surface area contributed by atoms with Gasteiger partial charge >= 0.3 is 0 Å². The fourth-order valence-corrected chi connectivity index (χ4v) is 4.07. The molecule has 0 radical (unpaired) electrons. The first-order valence-electron chi connectivity index (χ1n) is 10.6. The van der Waals surface area contributed by atoms with Crippen LogP contribution in [-0.2, 0) is 4.74 Å². The Morgan fingerprint density at radius 2 is 1.85 bits per heavy atom. The third kappa shape index (κ3) is 7.41. The number of nitrogens with one attached hydrogen (secondary N) is 2. The lowest BCUT2D eigenvalue weighted by Crippen LogP contribution is -2.53. The number of hydrogen-bond donors (Lipinski definition) is 2. The molecule has 0 spiro atoms. The number of hydrogen-bond acceptors (Lipinski definition) is 4. The molecule has 0 aliphatic carbocycles. The highest BCUT2D eigenvalue weighted by atomic mass is 16.5. The summed E-state index contributed by atoms with van der Waals surface area (Å²) in [6, 6.07) is 1.09. The van der Waals surface area contributed by atoms with E-state index < -0.39 is 0 Å². The highest BCUT2D eigenvalue weighted by Crippen LogP contribution is 2.13. The molecule has 2 N–H and O–H groups in total. The summed E-state index contributed by atoms with van der Waals surface area (Å²) in [7, 11) is 1.88. The first-order chi connectivity index (χ1) is 12.6. The lowest BCUT2D eigenvalue weighted by molar-refractivity contribution is 0.0132. The van der Waals surface area contributed by atoms with E-state index in [1.165, 1.54) is 45.3 Å². The van der Waals surface area contributed by atoms with E-state index in [4.69, 9.17) is 4.74 Å². The van der Waals surface area contributed by atoms with Gasteiger partial charge in [0.1, 0.15) is 0 Å². The van der Waals surface area contributed by atoms with Crippen molar-refractivity contribution in [1.82, 2.24) is 20.4 Å². The van der Waals surface area contributed by atoms with Crippen LogP contribution in [0.5, 0.6) is 0 Å². The summed E-state index contributed by atoms with van der Waals surface area (Å²) in [5, 5.41) is 7.25. The Balaban J connectivity index is 1.78. The molecular formula is C20H41N5O. The molecule has 0 aromatic rings. The predicted molar refractivity (Wildman–Crippen MR) is 110 cm³/mol. The van der Waals surface area contributed by atoms with Crippen LogP contribution in [0.25, 0.3) is 0 Å². The van der Waals surface area contributed by atoms with Gasteiger partial charge in [-0.3, -0.25) is 9.89 Å². The Morgan fingerprint density at radius 1 is 1.15 bits per heavy atom. The summed E-state index contributed by atoms with van der Waals surface area (Å²) < 4.78 is 5.53. The summed E-state index contributed by atoms with van der Waals surface area (Å²) in [6.45, 7) is 15.3. The van der Waals surface area contributed by atoms with Crippen molar-refractivity contribution in [2.24, 2.45) is 10.9 Å². The van der Waals surface area contributed by atoms with Crippen molar-refractivity contribution in [3.63, 3.8) is 0 Å². The molecule has 0 aromatic carbocycles. The van der Waals surface area contributed by atoms with Crippen molar-refractivity contribution < 1.29 is 4.74 Å². The molecule has 2 rings (SSSR count). The largest absolute Gasteiger partial charge is 0.379 e. The van der Waals surface area contributed by atoms with E-state index in [1.54, 1.807) is 0 Å². The maximum absolute atomic E-state index is 5.53. The van der Waals surface area contributed by atoms with Gasteiger partial charge in [-0.25, -0.2) is 0 Å². The van der Waals surface area contributed by atoms with E-state index in [0.717, 1.165) is 38.8 Å². The van der Waals surface area contributed by atoms with E-state index in [-0.39, 0.29) is 0 Å². The summed E-state index contributed by atoms with van der Waals surface area (Å²) >= 11 is 0. The number of morpholine rings is 1. The molecule has 1 unspecified atom stereocenters. The fraction of sp³-hybridized carbons (Fsp3) is 0.950. The van der Waals surface area contributed by atoms with E-state index in [2.05, 4.69) is 46.2 Å². The van der Waals surface area contributed by atoms with Gasteiger partial charge in [0.05, 0.1) is 13.2 Å². The second-order valence-corrected chi connectivity index (χ2v) is 8.15. The van der Waals surface area contributed by atoms with Crippen LogP contribution in [0.4, 0.5) is 0 Å². The van der Waals surface area contributed by atoms with Crippen molar-refractivity contribution in [1.29, 1.82) is 0 Å². The molecule has 2 aliphatic rings. The van der Waals surface area contributed by atoms with Gasteiger partial charge in [-0.1, -0.05) is 20.8 Å². The van der Waals surface area contributed by atoms with Crippen LogP contribution < -0.4 is 10.6 Å². The summed E-state index contributed by atoms with van der Waals surface area (Å²) in [6.07, 6.45) is 4.87. The number of aliphatic imine (C=N–C) groups is 1. The first-order valence-corrected chi connectivity index (χ1v) is 10.6. The fourth-order valence-electron chi connectivity index (χ4n) is 4.07. The van der Waals surface area contributed by atoms with Crippen LogP contribution in [0.1, 0.15) is 46.5 Å². The zero-order valence-electron chi connectivity index (χ0n) is 17.5. The Labute approximate surface area is 160 Å². The minimum Gasteiger partial charge on any atom is -0.379 e. The number of likely N-dealkylation sites (tertiary alicyclic amines) is 1. The number of guanidine groups is 1. The molecule has 6 nitrogen and oxygen atoms in total. The summed E-state index contributed by atoms with van der Waals surface area (Å²) in [4.78, 5) is 9.62. The van der Waals surface area contributed by atoms with Gasteiger partial charge in [0, 0.05) is 51.9 Å². The zero-order valence-corrected chi connectivity index (χ0v) is 17.5. The van der Waals surface area contributed by atoms with Crippen molar-refractivity contribution in [2.75, 3.05) is 59.5 Å². The first kappa shape index (κ1) is 21.5. The van der Waals surface area contributed by atoms with Gasteiger partial charge in [0.2, 0.25) is 0 Å². The Kier molecular flexibility index (Phi) is 9.72. The number of nitrogens with zero attached hydrogens (tertiary/aromatic N) is 3. The normalized spacial score (nSPS) is 22.6. The summed E-state index contributed by atoms with van der Waals surface area (Å²) in [5.74, 6) is 1.66. The monoisotopic (exact) mass is 367 g/mol. The van der Waals surface area contributed by atoms with Gasteiger partial charge in [-0.05, 0) is 38.1 Å². The Bertz CT molecular complexity index is 401. The van der Waals surface area contributed by atoms with Gasteiger partial charge in [0.25, 0.3) is 0 Å². The van der Waals surface area contributed by atoms with Crippen LogP contribution in [0.15, 0.2) is 4.99 Å². The second-order valence-electron chi connectivity index (χ2n) is 8.15. The molecule has 0 saturated carbocycles. The molecule has 0 amide bonds. The third-order valence-electron chi connectivity index (χ3n) is 5.50. The zero-order chi connectivity index (χ0) is 18.8. The standard InChI is InChI=1S/C20H41N5O/c1-5-8-24-9-6-18(7-10-24)23-20(21-4)22-16-19(15-17(2)3)25-11-13-26-14-12-25/h17-19H,5-16H2,1-4H3,(H2,21,22,23). The maximum atomic E-state index is 5.53. The third-order valence-corrected chi connectivity index (χ3v) is 5.50. The number of piperidine rings is 1. The molecule has 0 aromatic heterocycles. The minimum atomic E-state index is 0.543. The molecular weight excluding hydrogens is 326 g/mol. The Morgan fingerprint density at radius 3 is 2.42 bits per heavy atom. The van der Waals surface area contributed by atoms with Crippen LogP contribution in [0.2, 0.25) is 0 Å². The Hall–Kier alpha value is -0.850. The highest BCUT2D eigenvalue weighted by Gasteiger charge is 2.23. The molecule has 26 heavy (non-hydrogen) atoms. The smallest absolute Gasteiger partial charge is 0.191 e. The molecule has 0 bridgehead atoms. The lowest BCUT2D eigenvalue weighted by atomic mass is 10.0. The van der Waals surface area contributed by atoms with Crippen LogP contribution in [-0.4, -0.2) is 87.4 Å². The molecule has 2 heterocycles.